The molecule has 0 unspecified atom stereocenters. The Hall–Kier alpha value is -2.91. The number of carboxylic acids is 1. The van der Waals surface area contributed by atoms with Gasteiger partial charge in [0, 0.05) is 25.6 Å². The second-order valence-corrected chi connectivity index (χ2v) is 9.28. The summed E-state index contributed by atoms with van der Waals surface area (Å²) in [7, 11) is 0. The molecule has 1 aromatic carbocycles. The number of rotatable bonds is 9. The van der Waals surface area contributed by atoms with E-state index in [9.17, 15) is 18.0 Å². The van der Waals surface area contributed by atoms with Crippen molar-refractivity contribution in [1.82, 2.24) is 9.97 Å². The van der Waals surface area contributed by atoms with Gasteiger partial charge in [-0.2, -0.15) is 17.6 Å². The van der Waals surface area contributed by atoms with Gasteiger partial charge in [0.2, 0.25) is 5.82 Å². The van der Waals surface area contributed by atoms with Crippen molar-refractivity contribution in [2.24, 2.45) is 11.8 Å². The molecule has 0 bridgehead atoms. The van der Waals surface area contributed by atoms with Crippen LogP contribution in [0.5, 0.6) is 0 Å². The molecule has 2 aromatic rings. The molecule has 0 aliphatic heterocycles. The number of hydrogen-bond donors (Lipinski definition) is 2. The summed E-state index contributed by atoms with van der Waals surface area (Å²) in [4.78, 5) is 20.9. The fraction of sp³-hybridized carbons (Fsp3) is 0.542. The number of carbonyl (C=O) groups is 1. The molecule has 2 saturated carbocycles. The first-order valence-electron chi connectivity index (χ1n) is 11.6. The van der Waals surface area contributed by atoms with Gasteiger partial charge in [-0.05, 0) is 68.1 Å². The van der Waals surface area contributed by atoms with E-state index in [1.54, 1.807) is 4.90 Å². The highest BCUT2D eigenvalue weighted by Crippen LogP contribution is 2.36. The van der Waals surface area contributed by atoms with Gasteiger partial charge in [-0.25, -0.2) is 9.97 Å². The molecule has 0 spiro atoms. The van der Waals surface area contributed by atoms with Crippen molar-refractivity contribution in [1.29, 1.82) is 0 Å². The zero-order valence-electron chi connectivity index (χ0n) is 18.7. The third-order valence-electron chi connectivity index (χ3n) is 6.65. The Morgan fingerprint density at radius 3 is 2.26 bits per heavy atom. The van der Waals surface area contributed by atoms with Crippen LogP contribution >= 0.6 is 0 Å². The number of alkyl halides is 3. The monoisotopic (exact) mass is 480 g/mol. The highest BCUT2D eigenvalue weighted by Gasteiger charge is 2.34. The molecule has 4 rings (SSSR count). The van der Waals surface area contributed by atoms with Crippen LogP contribution in [0.25, 0.3) is 0 Å². The van der Waals surface area contributed by atoms with Crippen molar-refractivity contribution in [2.75, 3.05) is 16.8 Å². The van der Waals surface area contributed by atoms with Gasteiger partial charge < -0.3 is 15.3 Å². The molecule has 2 fully saturated rings. The van der Waals surface area contributed by atoms with Crippen molar-refractivity contribution in [3.05, 3.63) is 47.5 Å². The first-order valence-corrected chi connectivity index (χ1v) is 11.6. The summed E-state index contributed by atoms with van der Waals surface area (Å²) in [6.07, 6.45) is 2.28. The molecule has 0 saturated heterocycles. The summed E-state index contributed by atoms with van der Waals surface area (Å²) in [6.45, 7) is 0.791. The van der Waals surface area contributed by atoms with Crippen LogP contribution in [-0.2, 0) is 17.5 Å². The number of aliphatic carboxylic acids is 1. The molecular weight excluding hydrogens is 452 g/mol. The van der Waals surface area contributed by atoms with Gasteiger partial charge in [0.1, 0.15) is 6.33 Å². The van der Waals surface area contributed by atoms with E-state index in [1.807, 2.05) is 0 Å². The van der Waals surface area contributed by atoms with E-state index in [4.69, 9.17) is 5.11 Å². The van der Waals surface area contributed by atoms with Gasteiger partial charge in [-0.15, -0.1) is 0 Å². The fourth-order valence-electron chi connectivity index (χ4n) is 4.57. The fourth-order valence-corrected chi connectivity index (χ4v) is 4.57. The van der Waals surface area contributed by atoms with Crippen LogP contribution in [0, 0.1) is 17.7 Å². The van der Waals surface area contributed by atoms with Crippen LogP contribution in [0.15, 0.2) is 30.6 Å². The molecule has 0 atom stereocenters. The van der Waals surface area contributed by atoms with E-state index in [-0.39, 0.29) is 36.6 Å². The summed E-state index contributed by atoms with van der Waals surface area (Å²) >= 11 is 0. The second-order valence-electron chi connectivity index (χ2n) is 9.28. The molecule has 2 N–H and O–H groups in total. The number of benzene rings is 1. The Balaban J connectivity index is 1.40. The molecule has 2 aliphatic rings. The van der Waals surface area contributed by atoms with E-state index in [2.05, 4.69) is 15.3 Å². The second kappa shape index (κ2) is 10.1. The number of hydrogen-bond acceptors (Lipinski definition) is 5. The lowest BCUT2D eigenvalue weighted by atomic mass is 9.80. The Kier molecular flexibility index (Phi) is 7.23. The molecule has 2 aliphatic carbocycles. The predicted molar refractivity (Wildman–Crippen MR) is 119 cm³/mol. The average molecular weight is 481 g/mol. The maximum absolute atomic E-state index is 15.4. The zero-order chi connectivity index (χ0) is 24.3. The average Bonchev–Trinajstić information content (AvgIpc) is 3.63. The third-order valence-corrected chi connectivity index (χ3v) is 6.65. The molecule has 0 amide bonds. The molecule has 1 heterocycles. The van der Waals surface area contributed by atoms with Crippen molar-refractivity contribution in [3.63, 3.8) is 0 Å². The van der Waals surface area contributed by atoms with Gasteiger partial charge in [-0.1, -0.05) is 12.1 Å². The maximum Gasteiger partial charge on any atom is 0.416 e. The lowest BCUT2D eigenvalue weighted by molar-refractivity contribution is -0.139. The van der Waals surface area contributed by atoms with E-state index >= 15 is 4.39 Å². The van der Waals surface area contributed by atoms with Gasteiger partial charge in [-0.3, -0.25) is 4.79 Å². The van der Waals surface area contributed by atoms with E-state index < -0.39 is 23.5 Å². The first-order chi connectivity index (χ1) is 16.2. The molecular formula is C24H28F4N4O2. The number of carboxylic acid groups (broad SMARTS) is 1. The number of nitrogens with zero attached hydrogens (tertiary/aromatic N) is 3. The minimum Gasteiger partial charge on any atom is -0.481 e. The van der Waals surface area contributed by atoms with Gasteiger partial charge in [0.25, 0.3) is 0 Å². The number of nitrogens with one attached hydrogen (secondary N) is 1. The van der Waals surface area contributed by atoms with Crippen molar-refractivity contribution in [3.8, 4) is 0 Å². The number of aromatic nitrogens is 2. The van der Waals surface area contributed by atoms with Crippen LogP contribution in [0.1, 0.15) is 56.1 Å². The van der Waals surface area contributed by atoms with Crippen LogP contribution < -0.4 is 10.2 Å². The van der Waals surface area contributed by atoms with Gasteiger partial charge in [0.05, 0.1) is 5.56 Å². The largest absolute Gasteiger partial charge is 0.481 e. The lowest BCUT2D eigenvalue weighted by Gasteiger charge is -2.28. The van der Waals surface area contributed by atoms with Crippen molar-refractivity contribution in [2.45, 2.75) is 63.7 Å². The minimum absolute atomic E-state index is 0.0871. The number of anilines is 2. The smallest absolute Gasteiger partial charge is 0.416 e. The summed E-state index contributed by atoms with van der Waals surface area (Å²) in [5.74, 6) is -0.571. The molecule has 34 heavy (non-hydrogen) atoms. The van der Waals surface area contributed by atoms with E-state index in [0.29, 0.717) is 18.0 Å². The van der Waals surface area contributed by atoms with E-state index in [0.717, 1.165) is 50.7 Å². The Morgan fingerprint density at radius 1 is 1.03 bits per heavy atom. The van der Waals surface area contributed by atoms with Crippen molar-refractivity contribution >= 4 is 17.6 Å². The Bertz CT molecular complexity index is 987. The maximum atomic E-state index is 15.4. The van der Waals surface area contributed by atoms with Crippen LogP contribution in [0.4, 0.5) is 29.2 Å². The Labute approximate surface area is 195 Å². The predicted octanol–water partition coefficient (Wildman–Crippen LogP) is 5.50. The van der Waals surface area contributed by atoms with Crippen LogP contribution in [0.2, 0.25) is 0 Å². The number of halogens is 4. The molecule has 184 valence electrons. The SMILES string of the molecule is O=C(O)CC1CCC(CNc2ncnc(N(Cc3ccc(C(F)(F)F)cc3)C3CC3)c2F)CC1. The topological polar surface area (TPSA) is 78.3 Å². The highest BCUT2D eigenvalue weighted by molar-refractivity contribution is 5.67. The third kappa shape index (κ3) is 6.15. The molecule has 6 nitrogen and oxygen atoms in total. The Morgan fingerprint density at radius 2 is 1.68 bits per heavy atom. The van der Waals surface area contributed by atoms with Gasteiger partial charge in [0.15, 0.2) is 11.6 Å². The molecule has 10 heteroatoms. The van der Waals surface area contributed by atoms with Gasteiger partial charge >= 0.3 is 12.1 Å². The van der Waals surface area contributed by atoms with Crippen molar-refractivity contribution < 1.29 is 27.5 Å². The van der Waals surface area contributed by atoms with Crippen LogP contribution in [0.3, 0.4) is 0 Å². The van der Waals surface area contributed by atoms with E-state index in [1.165, 1.54) is 18.5 Å². The standard InChI is InChI=1S/C24H28F4N4O2/c25-21-22(29-12-16-3-1-15(2-4-16)11-20(33)34)30-14-31-23(21)32(19-9-10-19)13-17-5-7-18(8-6-17)24(26,27)28/h5-8,14-16,19H,1-4,9-13H2,(H,33,34)(H,29,30,31). The minimum atomic E-state index is -4.40. The summed E-state index contributed by atoms with van der Waals surface area (Å²) in [6, 6.07) is 4.99. The molecule has 0 radical (unpaired) electrons. The summed E-state index contributed by atoms with van der Waals surface area (Å²) in [5.41, 5.74) is -0.0727. The summed E-state index contributed by atoms with van der Waals surface area (Å²) in [5, 5.41) is 12.0. The zero-order valence-corrected chi connectivity index (χ0v) is 18.7. The first kappa shape index (κ1) is 24.2. The quantitative estimate of drug-likeness (QED) is 0.462. The van der Waals surface area contributed by atoms with Crippen LogP contribution in [-0.4, -0.2) is 33.6 Å². The highest BCUT2D eigenvalue weighted by atomic mass is 19.4. The normalized spacial score (nSPS) is 20.7. The lowest BCUT2D eigenvalue weighted by Crippen LogP contribution is -2.28. The molecule has 1 aromatic heterocycles. The summed E-state index contributed by atoms with van der Waals surface area (Å²) < 4.78 is 53.9.